The highest BCUT2D eigenvalue weighted by Gasteiger charge is 2.12. The number of hydrogen-bond donors (Lipinski definition) is 1. The topological polar surface area (TPSA) is 55.8 Å². The monoisotopic (exact) mass is 294 g/mol. The van der Waals surface area contributed by atoms with Crippen LogP contribution in [0.1, 0.15) is 63.7 Å². The number of hydrogen-bond acceptors (Lipinski definition) is 3. The number of ether oxygens (including phenoxy) is 2. The van der Waals surface area contributed by atoms with E-state index in [1.165, 1.54) is 0 Å². The van der Waals surface area contributed by atoms with Crippen molar-refractivity contribution in [2.24, 2.45) is 0 Å². The molecule has 0 aromatic heterocycles. The van der Waals surface area contributed by atoms with Crippen LogP contribution >= 0.6 is 0 Å². The van der Waals surface area contributed by atoms with E-state index in [-0.39, 0.29) is 17.8 Å². The Balaban J connectivity index is 2.92. The number of rotatable bonds is 9. The summed E-state index contributed by atoms with van der Waals surface area (Å²) in [4.78, 5) is 11.2. The van der Waals surface area contributed by atoms with Gasteiger partial charge in [0.2, 0.25) is 0 Å². The third kappa shape index (κ3) is 6.06. The van der Waals surface area contributed by atoms with E-state index in [1.807, 2.05) is 13.8 Å². The molecule has 0 saturated carbocycles. The van der Waals surface area contributed by atoms with Crippen LogP contribution in [-0.2, 0) is 0 Å². The van der Waals surface area contributed by atoms with Crippen LogP contribution in [0.5, 0.6) is 11.5 Å². The van der Waals surface area contributed by atoms with E-state index in [4.69, 9.17) is 9.47 Å². The zero-order valence-corrected chi connectivity index (χ0v) is 13.4. The minimum absolute atomic E-state index is 0.0555. The average Bonchev–Trinajstić information content (AvgIpc) is 2.38. The molecule has 2 atom stereocenters. The Hall–Kier alpha value is -1.71. The van der Waals surface area contributed by atoms with Crippen LogP contribution in [0.4, 0.5) is 0 Å². The van der Waals surface area contributed by atoms with E-state index in [1.54, 1.807) is 18.2 Å². The smallest absolute Gasteiger partial charge is 0.335 e. The molecule has 0 amide bonds. The molecule has 0 aliphatic carbocycles. The third-order valence-electron chi connectivity index (χ3n) is 3.19. The van der Waals surface area contributed by atoms with Crippen molar-refractivity contribution < 1.29 is 19.4 Å². The summed E-state index contributed by atoms with van der Waals surface area (Å²) < 4.78 is 11.6. The van der Waals surface area contributed by atoms with Gasteiger partial charge in [0, 0.05) is 6.07 Å². The standard InChI is InChI=1S/C17H26O4/c1-5-7-12(3)20-15-9-14(17(18)19)10-16(11-15)21-13(4)8-6-2/h9-13H,5-8H2,1-4H3,(H,18,19). The summed E-state index contributed by atoms with van der Waals surface area (Å²) in [5.41, 5.74) is 0.190. The van der Waals surface area contributed by atoms with Gasteiger partial charge in [0.1, 0.15) is 11.5 Å². The summed E-state index contributed by atoms with van der Waals surface area (Å²) in [6.07, 6.45) is 4.02. The molecule has 0 heterocycles. The first-order valence-electron chi connectivity index (χ1n) is 7.67. The molecule has 2 unspecified atom stereocenters. The van der Waals surface area contributed by atoms with Crippen LogP contribution in [0.15, 0.2) is 18.2 Å². The van der Waals surface area contributed by atoms with Crippen LogP contribution in [0.2, 0.25) is 0 Å². The van der Waals surface area contributed by atoms with E-state index in [2.05, 4.69) is 13.8 Å². The van der Waals surface area contributed by atoms with Gasteiger partial charge in [-0.05, 0) is 38.8 Å². The summed E-state index contributed by atoms with van der Waals surface area (Å²) in [5.74, 6) is 0.126. The maximum absolute atomic E-state index is 11.2. The first-order chi connectivity index (χ1) is 9.96. The van der Waals surface area contributed by atoms with Crippen molar-refractivity contribution in [3.05, 3.63) is 23.8 Å². The second kappa shape index (κ2) is 8.55. The normalized spacial score (nSPS) is 13.5. The summed E-state index contributed by atoms with van der Waals surface area (Å²) in [7, 11) is 0. The lowest BCUT2D eigenvalue weighted by molar-refractivity contribution is 0.0695. The lowest BCUT2D eigenvalue weighted by Gasteiger charge is -2.18. The second-order valence-electron chi connectivity index (χ2n) is 5.43. The van der Waals surface area contributed by atoms with Gasteiger partial charge in [-0.15, -0.1) is 0 Å². The Kier molecular flexibility index (Phi) is 7.06. The molecular formula is C17H26O4. The molecule has 118 valence electrons. The summed E-state index contributed by atoms with van der Waals surface area (Å²) in [6, 6.07) is 4.86. The fourth-order valence-electron chi connectivity index (χ4n) is 2.23. The highest BCUT2D eigenvalue weighted by atomic mass is 16.5. The van der Waals surface area contributed by atoms with Gasteiger partial charge in [0.25, 0.3) is 0 Å². The van der Waals surface area contributed by atoms with Crippen molar-refractivity contribution in [2.75, 3.05) is 0 Å². The predicted molar refractivity (Wildman–Crippen MR) is 83.4 cm³/mol. The summed E-state index contributed by atoms with van der Waals surface area (Å²) >= 11 is 0. The van der Waals surface area contributed by atoms with Gasteiger partial charge >= 0.3 is 5.97 Å². The van der Waals surface area contributed by atoms with E-state index in [0.717, 1.165) is 25.7 Å². The van der Waals surface area contributed by atoms with Crippen LogP contribution < -0.4 is 9.47 Å². The van der Waals surface area contributed by atoms with Crippen LogP contribution in [0.25, 0.3) is 0 Å². The van der Waals surface area contributed by atoms with Gasteiger partial charge in [-0.3, -0.25) is 0 Å². The molecule has 1 N–H and O–H groups in total. The molecule has 0 spiro atoms. The van der Waals surface area contributed by atoms with E-state index >= 15 is 0 Å². The van der Waals surface area contributed by atoms with Crippen molar-refractivity contribution in [3.63, 3.8) is 0 Å². The highest BCUT2D eigenvalue weighted by molar-refractivity contribution is 5.88. The van der Waals surface area contributed by atoms with Crippen molar-refractivity contribution >= 4 is 5.97 Å². The van der Waals surface area contributed by atoms with E-state index in [9.17, 15) is 9.90 Å². The first kappa shape index (κ1) is 17.3. The number of benzene rings is 1. The quantitative estimate of drug-likeness (QED) is 0.727. The highest BCUT2D eigenvalue weighted by Crippen LogP contribution is 2.26. The number of aromatic carboxylic acids is 1. The maximum Gasteiger partial charge on any atom is 0.335 e. The summed E-state index contributed by atoms with van der Waals surface area (Å²) in [5, 5.41) is 9.20. The van der Waals surface area contributed by atoms with E-state index < -0.39 is 5.97 Å². The third-order valence-corrected chi connectivity index (χ3v) is 3.19. The largest absolute Gasteiger partial charge is 0.491 e. The molecule has 0 saturated heterocycles. The number of carboxylic acids is 1. The molecule has 1 aromatic rings. The molecule has 0 radical (unpaired) electrons. The molecule has 0 aliphatic heterocycles. The predicted octanol–water partition coefficient (Wildman–Crippen LogP) is 4.52. The van der Waals surface area contributed by atoms with Gasteiger partial charge in [0.05, 0.1) is 17.8 Å². The minimum Gasteiger partial charge on any atom is -0.491 e. The molecule has 4 nitrogen and oxygen atoms in total. The SMILES string of the molecule is CCCC(C)Oc1cc(OC(C)CCC)cc(C(=O)O)c1. The lowest BCUT2D eigenvalue weighted by atomic mass is 10.2. The zero-order valence-electron chi connectivity index (χ0n) is 13.4. The van der Waals surface area contributed by atoms with Crippen molar-refractivity contribution in [3.8, 4) is 11.5 Å². The van der Waals surface area contributed by atoms with Gasteiger partial charge in [-0.25, -0.2) is 4.79 Å². The number of carbonyl (C=O) groups is 1. The van der Waals surface area contributed by atoms with Crippen LogP contribution in [0.3, 0.4) is 0 Å². The Morgan fingerprint density at radius 2 is 1.43 bits per heavy atom. The van der Waals surface area contributed by atoms with Gasteiger partial charge in [-0.1, -0.05) is 26.7 Å². The van der Waals surface area contributed by atoms with Gasteiger partial charge < -0.3 is 14.6 Å². The van der Waals surface area contributed by atoms with Crippen LogP contribution in [0, 0.1) is 0 Å². The van der Waals surface area contributed by atoms with Crippen molar-refractivity contribution in [1.29, 1.82) is 0 Å². The van der Waals surface area contributed by atoms with E-state index in [0.29, 0.717) is 11.5 Å². The summed E-state index contributed by atoms with van der Waals surface area (Å²) in [6.45, 7) is 8.15. The molecule has 1 aromatic carbocycles. The Labute approximate surface area is 127 Å². The Bertz CT molecular complexity index is 424. The molecule has 0 fully saturated rings. The van der Waals surface area contributed by atoms with Crippen LogP contribution in [-0.4, -0.2) is 23.3 Å². The molecule has 1 rings (SSSR count). The average molecular weight is 294 g/mol. The molecule has 4 heteroatoms. The fourth-order valence-corrected chi connectivity index (χ4v) is 2.23. The fraction of sp³-hybridized carbons (Fsp3) is 0.588. The molecule has 21 heavy (non-hydrogen) atoms. The molecular weight excluding hydrogens is 268 g/mol. The number of carboxylic acid groups (broad SMARTS) is 1. The van der Waals surface area contributed by atoms with Gasteiger partial charge in [-0.2, -0.15) is 0 Å². The Morgan fingerprint density at radius 1 is 1.00 bits per heavy atom. The second-order valence-corrected chi connectivity index (χ2v) is 5.43. The lowest BCUT2D eigenvalue weighted by Crippen LogP contribution is -2.14. The molecule has 0 bridgehead atoms. The maximum atomic E-state index is 11.2. The minimum atomic E-state index is -0.975. The van der Waals surface area contributed by atoms with Crippen molar-refractivity contribution in [2.45, 2.75) is 65.6 Å². The first-order valence-corrected chi connectivity index (χ1v) is 7.67. The van der Waals surface area contributed by atoms with Gasteiger partial charge in [0.15, 0.2) is 0 Å². The van der Waals surface area contributed by atoms with Crippen molar-refractivity contribution in [1.82, 2.24) is 0 Å². The zero-order chi connectivity index (χ0) is 15.8. The molecule has 0 aliphatic rings. The Morgan fingerprint density at radius 3 is 1.76 bits per heavy atom.